The van der Waals surface area contributed by atoms with E-state index in [1.807, 2.05) is 12.1 Å². The minimum absolute atomic E-state index is 0.357. The first-order valence-corrected chi connectivity index (χ1v) is 14.9. The Labute approximate surface area is 227 Å². The van der Waals surface area contributed by atoms with E-state index in [2.05, 4.69) is 85.7 Å². The molecule has 0 spiro atoms. The van der Waals surface area contributed by atoms with Gasteiger partial charge in [-0.3, -0.25) is 0 Å². The molecule has 0 aliphatic carbocycles. The molecule has 0 radical (unpaired) electrons. The van der Waals surface area contributed by atoms with Crippen LogP contribution in [0.5, 0.6) is 5.75 Å². The standard InChI is InChI=1S/C36H50O/c1-9-26-18-20-33(31(13-5)29(26)11-3)24(7)22-28-16-15-17-36(37)35(28)23-25(8)34-21-19-27(10-2)30(12-4)32(34)14-6/h15-21,24-25,37H,9-14,22-23H2,1-8H3. The summed E-state index contributed by atoms with van der Waals surface area (Å²) < 4.78 is 0. The summed E-state index contributed by atoms with van der Waals surface area (Å²) in [5.41, 5.74) is 14.5. The van der Waals surface area contributed by atoms with Crippen molar-refractivity contribution in [2.75, 3.05) is 0 Å². The number of benzene rings is 3. The number of rotatable bonds is 12. The maximum Gasteiger partial charge on any atom is 0.119 e. The summed E-state index contributed by atoms with van der Waals surface area (Å²) in [6.07, 6.45) is 8.33. The van der Waals surface area contributed by atoms with Gasteiger partial charge >= 0.3 is 0 Å². The Morgan fingerprint density at radius 1 is 0.486 bits per heavy atom. The summed E-state index contributed by atoms with van der Waals surface area (Å²) in [6.45, 7) is 18.4. The highest BCUT2D eigenvalue weighted by Crippen LogP contribution is 2.36. The molecule has 0 aliphatic rings. The van der Waals surface area contributed by atoms with E-state index in [0.717, 1.165) is 56.9 Å². The van der Waals surface area contributed by atoms with Crippen LogP contribution >= 0.6 is 0 Å². The van der Waals surface area contributed by atoms with Gasteiger partial charge in [-0.05, 0) is 125 Å². The molecule has 1 N–H and O–H groups in total. The molecule has 0 amide bonds. The highest BCUT2D eigenvalue weighted by molar-refractivity contribution is 5.47. The van der Waals surface area contributed by atoms with Gasteiger partial charge in [-0.2, -0.15) is 0 Å². The Kier molecular flexibility index (Phi) is 10.4. The van der Waals surface area contributed by atoms with Crippen molar-refractivity contribution in [3.63, 3.8) is 0 Å². The van der Waals surface area contributed by atoms with E-state index < -0.39 is 0 Å². The molecule has 0 aliphatic heterocycles. The van der Waals surface area contributed by atoms with Crippen molar-refractivity contribution in [2.45, 2.75) is 119 Å². The summed E-state index contributed by atoms with van der Waals surface area (Å²) >= 11 is 0. The molecule has 3 aromatic rings. The minimum atomic E-state index is 0.357. The zero-order chi connectivity index (χ0) is 27.1. The van der Waals surface area contributed by atoms with E-state index in [4.69, 9.17) is 0 Å². The summed E-state index contributed by atoms with van der Waals surface area (Å²) in [6, 6.07) is 15.6. The number of phenolic OH excluding ortho intramolecular Hbond substituents is 1. The molecule has 3 rings (SSSR count). The van der Waals surface area contributed by atoms with Gasteiger partial charge in [0.1, 0.15) is 5.75 Å². The molecule has 1 nitrogen and oxygen atoms in total. The summed E-state index contributed by atoms with van der Waals surface area (Å²) in [7, 11) is 0. The van der Waals surface area contributed by atoms with Gasteiger partial charge in [0.25, 0.3) is 0 Å². The van der Waals surface area contributed by atoms with E-state index in [1.165, 1.54) is 38.9 Å². The molecular weight excluding hydrogens is 448 g/mol. The van der Waals surface area contributed by atoms with Crippen molar-refractivity contribution in [3.8, 4) is 5.75 Å². The van der Waals surface area contributed by atoms with E-state index in [0.29, 0.717) is 17.6 Å². The third kappa shape index (κ3) is 6.14. The van der Waals surface area contributed by atoms with Crippen LogP contribution in [-0.2, 0) is 51.4 Å². The summed E-state index contributed by atoms with van der Waals surface area (Å²) in [5.74, 6) is 1.21. The van der Waals surface area contributed by atoms with Crippen molar-refractivity contribution in [2.24, 2.45) is 0 Å². The van der Waals surface area contributed by atoms with Crippen molar-refractivity contribution in [3.05, 3.63) is 98.1 Å². The van der Waals surface area contributed by atoms with Gasteiger partial charge in [-0.25, -0.2) is 0 Å². The third-order valence-corrected chi connectivity index (χ3v) is 8.65. The van der Waals surface area contributed by atoms with E-state index >= 15 is 0 Å². The zero-order valence-corrected chi connectivity index (χ0v) is 24.8. The predicted molar refractivity (Wildman–Crippen MR) is 161 cm³/mol. The van der Waals surface area contributed by atoms with Gasteiger partial charge in [-0.15, -0.1) is 0 Å². The maximum absolute atomic E-state index is 11.0. The van der Waals surface area contributed by atoms with Gasteiger partial charge in [0.05, 0.1) is 0 Å². The highest BCUT2D eigenvalue weighted by Gasteiger charge is 2.21. The van der Waals surface area contributed by atoms with E-state index in [-0.39, 0.29) is 0 Å². The molecule has 3 aromatic carbocycles. The van der Waals surface area contributed by atoms with Gasteiger partial charge in [0, 0.05) is 0 Å². The second-order valence-corrected chi connectivity index (χ2v) is 10.8. The molecule has 0 saturated heterocycles. The lowest BCUT2D eigenvalue weighted by atomic mass is 9.81. The first kappa shape index (κ1) is 29.0. The van der Waals surface area contributed by atoms with Crippen LogP contribution in [0.3, 0.4) is 0 Å². The monoisotopic (exact) mass is 498 g/mol. The lowest BCUT2D eigenvalue weighted by molar-refractivity contribution is 0.464. The molecule has 0 aromatic heterocycles. The molecule has 2 unspecified atom stereocenters. The first-order chi connectivity index (χ1) is 17.8. The second kappa shape index (κ2) is 13.3. The normalized spacial score (nSPS) is 13.1. The summed E-state index contributed by atoms with van der Waals surface area (Å²) in [5, 5.41) is 11.0. The average molecular weight is 499 g/mol. The Balaban J connectivity index is 1.96. The van der Waals surface area contributed by atoms with Gasteiger partial charge in [-0.1, -0.05) is 91.8 Å². The van der Waals surface area contributed by atoms with E-state index in [9.17, 15) is 5.11 Å². The van der Waals surface area contributed by atoms with Crippen molar-refractivity contribution >= 4 is 0 Å². The van der Waals surface area contributed by atoms with Crippen LogP contribution in [0.1, 0.15) is 123 Å². The van der Waals surface area contributed by atoms with Crippen LogP contribution in [0, 0.1) is 0 Å². The van der Waals surface area contributed by atoms with Crippen LogP contribution in [0.15, 0.2) is 42.5 Å². The van der Waals surface area contributed by atoms with Crippen molar-refractivity contribution < 1.29 is 5.11 Å². The molecule has 1 heteroatoms. The maximum atomic E-state index is 11.0. The lowest BCUT2D eigenvalue weighted by Gasteiger charge is -2.24. The van der Waals surface area contributed by atoms with Gasteiger partial charge in [0.2, 0.25) is 0 Å². The van der Waals surface area contributed by atoms with Crippen LogP contribution in [0.25, 0.3) is 0 Å². The smallest absolute Gasteiger partial charge is 0.119 e. The predicted octanol–water partition coefficient (Wildman–Crippen LogP) is 9.46. The van der Waals surface area contributed by atoms with Crippen molar-refractivity contribution in [1.82, 2.24) is 0 Å². The van der Waals surface area contributed by atoms with Crippen LogP contribution in [0.2, 0.25) is 0 Å². The molecule has 2 atom stereocenters. The number of phenols is 1. The minimum Gasteiger partial charge on any atom is -0.508 e. The van der Waals surface area contributed by atoms with E-state index in [1.54, 1.807) is 11.1 Å². The molecule has 0 saturated carbocycles. The number of hydrogen-bond donors (Lipinski definition) is 1. The average Bonchev–Trinajstić information content (AvgIpc) is 2.92. The number of aryl methyl sites for hydroxylation is 2. The third-order valence-electron chi connectivity index (χ3n) is 8.65. The fourth-order valence-corrected chi connectivity index (χ4v) is 6.72. The topological polar surface area (TPSA) is 20.2 Å². The quantitative estimate of drug-likeness (QED) is 0.264. The van der Waals surface area contributed by atoms with Crippen LogP contribution in [-0.4, -0.2) is 5.11 Å². The molecule has 0 bridgehead atoms. The Morgan fingerprint density at radius 3 is 1.38 bits per heavy atom. The van der Waals surface area contributed by atoms with Crippen molar-refractivity contribution in [1.29, 1.82) is 0 Å². The first-order valence-electron chi connectivity index (χ1n) is 14.9. The Hall–Kier alpha value is -2.54. The summed E-state index contributed by atoms with van der Waals surface area (Å²) in [4.78, 5) is 0. The van der Waals surface area contributed by atoms with Crippen LogP contribution < -0.4 is 0 Å². The fourth-order valence-electron chi connectivity index (χ4n) is 6.72. The largest absolute Gasteiger partial charge is 0.508 e. The second-order valence-electron chi connectivity index (χ2n) is 10.8. The molecular formula is C36H50O. The Bertz CT molecular complexity index is 1190. The molecule has 37 heavy (non-hydrogen) atoms. The SMILES string of the molecule is CCc1ccc(C(C)Cc2cccc(O)c2CC(C)c2ccc(CC)c(CC)c2CC)c(CC)c1CC. The number of hydrogen-bond acceptors (Lipinski definition) is 1. The number of aromatic hydroxyl groups is 1. The zero-order valence-electron chi connectivity index (χ0n) is 24.8. The Morgan fingerprint density at radius 2 is 0.946 bits per heavy atom. The molecule has 0 fully saturated rings. The fraction of sp³-hybridized carbons (Fsp3) is 0.500. The molecule has 0 heterocycles. The lowest BCUT2D eigenvalue weighted by Crippen LogP contribution is -2.11. The highest BCUT2D eigenvalue weighted by atomic mass is 16.3. The molecule has 200 valence electrons. The van der Waals surface area contributed by atoms with Gasteiger partial charge in [0.15, 0.2) is 0 Å². The van der Waals surface area contributed by atoms with Crippen LogP contribution in [0.4, 0.5) is 0 Å². The van der Waals surface area contributed by atoms with Gasteiger partial charge < -0.3 is 5.11 Å².